The lowest BCUT2D eigenvalue weighted by Crippen LogP contribution is -2.41. The Morgan fingerprint density at radius 2 is 2.11 bits per heavy atom. The molecule has 1 aliphatic rings. The number of thiophene rings is 1. The highest BCUT2D eigenvalue weighted by molar-refractivity contribution is 7.10. The average molecular weight is 272 g/mol. The van der Waals surface area contributed by atoms with Gasteiger partial charge in [-0.05, 0) is 35.9 Å². The van der Waals surface area contributed by atoms with E-state index in [0.29, 0.717) is 0 Å². The van der Waals surface area contributed by atoms with Gasteiger partial charge >= 0.3 is 0 Å². The molecule has 0 saturated heterocycles. The minimum absolute atomic E-state index is 0.00500. The normalized spacial score (nSPS) is 15.9. The Labute approximate surface area is 116 Å². The average Bonchev–Trinajstić information content (AvgIpc) is 2.99. The maximum atomic E-state index is 12.6. The van der Waals surface area contributed by atoms with E-state index >= 15 is 0 Å². The Kier molecular flexibility index (Phi) is 3.36. The monoisotopic (exact) mass is 272 g/mol. The number of carbonyl (C=O) groups excluding carboxylic acids is 1. The predicted octanol–water partition coefficient (Wildman–Crippen LogP) is 2.73. The Bertz CT molecular complexity index is 580. The topological polar surface area (TPSA) is 46.3 Å². The van der Waals surface area contributed by atoms with Crippen molar-refractivity contribution in [2.75, 3.05) is 11.4 Å². The van der Waals surface area contributed by atoms with E-state index in [1.807, 2.05) is 40.6 Å². The van der Waals surface area contributed by atoms with Crippen LogP contribution >= 0.6 is 11.3 Å². The molecule has 98 valence electrons. The van der Waals surface area contributed by atoms with E-state index in [0.717, 1.165) is 30.0 Å². The van der Waals surface area contributed by atoms with Crippen LogP contribution in [0.2, 0.25) is 0 Å². The Morgan fingerprint density at radius 1 is 1.26 bits per heavy atom. The van der Waals surface area contributed by atoms with Gasteiger partial charge in [-0.3, -0.25) is 4.79 Å². The molecule has 2 N–H and O–H groups in total. The van der Waals surface area contributed by atoms with Crippen molar-refractivity contribution in [1.29, 1.82) is 0 Å². The van der Waals surface area contributed by atoms with Crippen molar-refractivity contribution in [3.8, 4) is 0 Å². The number of amides is 1. The smallest absolute Gasteiger partial charge is 0.249 e. The molecule has 3 rings (SSSR count). The quantitative estimate of drug-likeness (QED) is 0.913. The molecule has 2 aromatic rings. The fraction of sp³-hybridized carbons (Fsp3) is 0.267. The second kappa shape index (κ2) is 5.15. The van der Waals surface area contributed by atoms with E-state index in [2.05, 4.69) is 6.07 Å². The summed E-state index contributed by atoms with van der Waals surface area (Å²) in [6.45, 7) is 0.759. The van der Waals surface area contributed by atoms with Crippen LogP contribution in [0.1, 0.15) is 22.9 Å². The van der Waals surface area contributed by atoms with Crippen molar-refractivity contribution < 1.29 is 4.79 Å². The van der Waals surface area contributed by atoms with E-state index in [4.69, 9.17) is 5.73 Å². The summed E-state index contributed by atoms with van der Waals surface area (Å²) >= 11 is 1.53. The maximum Gasteiger partial charge on any atom is 0.249 e. The van der Waals surface area contributed by atoms with Gasteiger partial charge in [-0.2, -0.15) is 0 Å². The summed E-state index contributed by atoms with van der Waals surface area (Å²) < 4.78 is 0. The number of hydrogen-bond donors (Lipinski definition) is 1. The summed E-state index contributed by atoms with van der Waals surface area (Å²) in [5.41, 5.74) is 8.35. The van der Waals surface area contributed by atoms with Crippen molar-refractivity contribution in [3.63, 3.8) is 0 Å². The molecule has 0 fully saturated rings. The lowest BCUT2D eigenvalue weighted by atomic mass is 10.0. The fourth-order valence-electron chi connectivity index (χ4n) is 2.52. The number of carbonyl (C=O) groups is 1. The first-order chi connectivity index (χ1) is 9.27. The molecule has 0 spiro atoms. The van der Waals surface area contributed by atoms with Gasteiger partial charge in [0.15, 0.2) is 0 Å². The van der Waals surface area contributed by atoms with Gasteiger partial charge in [0.1, 0.15) is 6.04 Å². The first-order valence-electron chi connectivity index (χ1n) is 6.45. The molecule has 0 aliphatic carbocycles. The zero-order chi connectivity index (χ0) is 13.2. The Balaban J connectivity index is 1.89. The molecule has 0 radical (unpaired) electrons. The van der Waals surface area contributed by atoms with Crippen LogP contribution in [0.5, 0.6) is 0 Å². The summed E-state index contributed by atoms with van der Waals surface area (Å²) in [5, 5.41) is 1.95. The van der Waals surface area contributed by atoms with Gasteiger partial charge in [-0.15, -0.1) is 11.3 Å². The first-order valence-corrected chi connectivity index (χ1v) is 7.33. The molecule has 2 heterocycles. The van der Waals surface area contributed by atoms with Crippen LogP contribution in [-0.2, 0) is 11.2 Å². The van der Waals surface area contributed by atoms with Crippen LogP contribution in [0.3, 0.4) is 0 Å². The van der Waals surface area contributed by atoms with Crippen molar-refractivity contribution in [2.45, 2.75) is 18.9 Å². The van der Waals surface area contributed by atoms with Gasteiger partial charge in [-0.25, -0.2) is 0 Å². The number of para-hydroxylation sites is 1. The molecule has 1 amide bonds. The molecule has 4 heteroatoms. The minimum Gasteiger partial charge on any atom is -0.316 e. The Morgan fingerprint density at radius 3 is 2.89 bits per heavy atom. The second-order valence-corrected chi connectivity index (χ2v) is 5.69. The van der Waals surface area contributed by atoms with Gasteiger partial charge in [0, 0.05) is 17.1 Å². The number of benzene rings is 1. The summed E-state index contributed by atoms with van der Waals surface area (Å²) in [7, 11) is 0. The van der Waals surface area contributed by atoms with Crippen LogP contribution in [0, 0.1) is 0 Å². The molecule has 1 atom stereocenters. The number of rotatable bonds is 2. The number of aryl methyl sites for hydroxylation is 1. The third kappa shape index (κ3) is 2.29. The van der Waals surface area contributed by atoms with Gasteiger partial charge in [0.05, 0.1) is 0 Å². The van der Waals surface area contributed by atoms with Crippen LogP contribution in [-0.4, -0.2) is 12.5 Å². The van der Waals surface area contributed by atoms with E-state index in [1.54, 1.807) is 0 Å². The standard InChI is InChI=1S/C15H16N2OS/c16-14(13-8-4-10-19-13)15(18)17-9-3-6-11-5-1-2-7-12(11)17/h1-2,4-5,7-8,10,14H,3,6,9,16H2. The highest BCUT2D eigenvalue weighted by Gasteiger charge is 2.27. The van der Waals surface area contributed by atoms with Crippen molar-refractivity contribution in [2.24, 2.45) is 5.73 Å². The highest BCUT2D eigenvalue weighted by atomic mass is 32.1. The molecule has 1 aromatic heterocycles. The maximum absolute atomic E-state index is 12.6. The van der Waals surface area contributed by atoms with Gasteiger partial charge in [0.2, 0.25) is 5.91 Å². The summed E-state index contributed by atoms with van der Waals surface area (Å²) in [5.74, 6) is -0.00500. The van der Waals surface area contributed by atoms with Crippen LogP contribution in [0.25, 0.3) is 0 Å². The van der Waals surface area contributed by atoms with Gasteiger partial charge in [0.25, 0.3) is 0 Å². The first kappa shape index (κ1) is 12.4. The minimum atomic E-state index is -0.550. The van der Waals surface area contributed by atoms with Crippen molar-refractivity contribution in [1.82, 2.24) is 0 Å². The number of hydrogen-bond acceptors (Lipinski definition) is 3. The van der Waals surface area contributed by atoms with Crippen molar-refractivity contribution >= 4 is 22.9 Å². The second-order valence-electron chi connectivity index (χ2n) is 4.72. The number of anilines is 1. The summed E-state index contributed by atoms with van der Waals surface area (Å²) in [4.78, 5) is 15.3. The number of nitrogens with zero attached hydrogens (tertiary/aromatic N) is 1. The third-order valence-corrected chi connectivity index (χ3v) is 4.45. The fourth-order valence-corrected chi connectivity index (χ4v) is 3.24. The van der Waals surface area contributed by atoms with Crippen LogP contribution < -0.4 is 10.6 Å². The zero-order valence-electron chi connectivity index (χ0n) is 10.6. The van der Waals surface area contributed by atoms with E-state index < -0.39 is 6.04 Å². The predicted molar refractivity (Wildman–Crippen MR) is 78.4 cm³/mol. The summed E-state index contributed by atoms with van der Waals surface area (Å²) in [6, 6.07) is 11.4. The number of nitrogens with two attached hydrogens (primary N) is 1. The lowest BCUT2D eigenvalue weighted by Gasteiger charge is -2.31. The molecule has 19 heavy (non-hydrogen) atoms. The van der Waals surface area contributed by atoms with E-state index in [1.165, 1.54) is 16.9 Å². The molecule has 1 unspecified atom stereocenters. The largest absolute Gasteiger partial charge is 0.316 e. The molecular formula is C15H16N2OS. The molecule has 3 nitrogen and oxygen atoms in total. The van der Waals surface area contributed by atoms with Gasteiger partial charge in [-0.1, -0.05) is 24.3 Å². The molecule has 0 bridgehead atoms. The zero-order valence-corrected chi connectivity index (χ0v) is 11.4. The molecule has 0 saturated carbocycles. The Hall–Kier alpha value is -1.65. The van der Waals surface area contributed by atoms with E-state index in [-0.39, 0.29) is 5.91 Å². The van der Waals surface area contributed by atoms with E-state index in [9.17, 15) is 4.79 Å². The number of fused-ring (bicyclic) bond motifs is 1. The molecule has 1 aliphatic heterocycles. The highest BCUT2D eigenvalue weighted by Crippen LogP contribution is 2.29. The van der Waals surface area contributed by atoms with Crippen LogP contribution in [0.15, 0.2) is 41.8 Å². The third-order valence-electron chi connectivity index (χ3n) is 3.49. The SMILES string of the molecule is NC(C(=O)N1CCCc2ccccc21)c1cccs1. The summed E-state index contributed by atoms with van der Waals surface area (Å²) in [6.07, 6.45) is 2.04. The molecule has 1 aromatic carbocycles. The van der Waals surface area contributed by atoms with Crippen molar-refractivity contribution in [3.05, 3.63) is 52.2 Å². The van der Waals surface area contributed by atoms with Crippen LogP contribution in [0.4, 0.5) is 5.69 Å². The lowest BCUT2D eigenvalue weighted by molar-refractivity contribution is -0.120. The van der Waals surface area contributed by atoms with Gasteiger partial charge < -0.3 is 10.6 Å². The molecular weight excluding hydrogens is 256 g/mol.